The van der Waals surface area contributed by atoms with Crippen molar-refractivity contribution in [2.75, 3.05) is 11.9 Å². The van der Waals surface area contributed by atoms with Crippen LogP contribution < -0.4 is 10.6 Å². The number of nitrogens with one attached hydrogen (secondary N) is 2. The summed E-state index contributed by atoms with van der Waals surface area (Å²) in [6, 6.07) is 12.7. The summed E-state index contributed by atoms with van der Waals surface area (Å²) in [5.41, 5.74) is 4.21. The SMILES string of the molecule is C[C@@H]1CCCCNC(=O)c2cccc(c2)C(=O)Nc2nc3cccc(-c4cn(C)nn4)c3n21. The maximum Gasteiger partial charge on any atom is 0.257 e. The van der Waals surface area contributed by atoms with Crippen molar-refractivity contribution < 1.29 is 9.59 Å². The molecule has 0 saturated carbocycles. The zero-order valence-corrected chi connectivity index (χ0v) is 18.6. The number of rotatable bonds is 1. The number of fused-ring (bicyclic) bond motifs is 5. The maximum absolute atomic E-state index is 13.1. The van der Waals surface area contributed by atoms with E-state index in [1.165, 1.54) is 0 Å². The molecule has 3 heterocycles. The van der Waals surface area contributed by atoms with Crippen LogP contribution in [0.2, 0.25) is 0 Å². The molecule has 0 saturated heterocycles. The molecule has 0 fully saturated rings. The lowest BCUT2D eigenvalue weighted by molar-refractivity contribution is 0.0953. The number of amides is 2. The van der Waals surface area contributed by atoms with E-state index in [9.17, 15) is 9.59 Å². The van der Waals surface area contributed by atoms with Gasteiger partial charge in [-0.3, -0.25) is 19.6 Å². The van der Waals surface area contributed by atoms with Gasteiger partial charge in [0.25, 0.3) is 11.8 Å². The van der Waals surface area contributed by atoms with Crippen molar-refractivity contribution in [3.8, 4) is 11.3 Å². The molecule has 9 heteroatoms. The normalized spacial score (nSPS) is 17.2. The van der Waals surface area contributed by atoms with Gasteiger partial charge in [-0.05, 0) is 50.5 Å². The number of hydrogen-bond acceptors (Lipinski definition) is 5. The van der Waals surface area contributed by atoms with E-state index in [-0.39, 0.29) is 17.9 Å². The predicted octanol–water partition coefficient (Wildman–Crippen LogP) is 3.56. The first-order valence-corrected chi connectivity index (χ1v) is 11.1. The molecule has 9 nitrogen and oxygen atoms in total. The number of benzene rings is 2. The highest BCUT2D eigenvalue weighted by atomic mass is 16.2. The lowest BCUT2D eigenvalue weighted by atomic mass is 10.1. The van der Waals surface area contributed by atoms with Crippen LogP contribution in [0, 0.1) is 0 Å². The minimum absolute atomic E-state index is 0.0631. The number of carbonyl (C=O) groups excluding carboxylic acids is 2. The molecule has 2 N–H and O–H groups in total. The van der Waals surface area contributed by atoms with Crippen molar-refractivity contribution in [2.45, 2.75) is 32.2 Å². The largest absolute Gasteiger partial charge is 0.352 e. The van der Waals surface area contributed by atoms with Gasteiger partial charge in [-0.15, -0.1) is 5.10 Å². The Balaban J connectivity index is 1.65. The van der Waals surface area contributed by atoms with Gasteiger partial charge in [0.1, 0.15) is 5.69 Å². The Labute approximate surface area is 190 Å². The van der Waals surface area contributed by atoms with Crippen LogP contribution in [0.4, 0.5) is 5.95 Å². The third-order valence-corrected chi connectivity index (χ3v) is 5.98. The predicted molar refractivity (Wildman–Crippen MR) is 125 cm³/mol. The molecule has 0 radical (unpaired) electrons. The first kappa shape index (κ1) is 20.9. The molecule has 1 atom stereocenters. The van der Waals surface area contributed by atoms with Crippen molar-refractivity contribution in [3.05, 3.63) is 59.8 Å². The molecular weight excluding hydrogens is 418 g/mol. The summed E-state index contributed by atoms with van der Waals surface area (Å²) in [6.07, 6.45) is 4.52. The van der Waals surface area contributed by atoms with E-state index in [2.05, 4.69) is 32.4 Å². The Morgan fingerprint density at radius 3 is 2.61 bits per heavy atom. The summed E-state index contributed by atoms with van der Waals surface area (Å²) in [6.45, 7) is 2.71. The molecule has 33 heavy (non-hydrogen) atoms. The lowest BCUT2D eigenvalue weighted by Crippen LogP contribution is -2.25. The highest BCUT2D eigenvalue weighted by Crippen LogP contribution is 2.34. The second-order valence-corrected chi connectivity index (χ2v) is 8.39. The Morgan fingerprint density at radius 1 is 1.03 bits per heavy atom. The number of carbonyl (C=O) groups is 2. The van der Waals surface area contributed by atoms with Crippen molar-refractivity contribution >= 4 is 28.8 Å². The second kappa shape index (κ2) is 8.50. The average Bonchev–Trinajstić information content (AvgIpc) is 3.41. The first-order valence-electron chi connectivity index (χ1n) is 11.1. The summed E-state index contributed by atoms with van der Waals surface area (Å²) < 4.78 is 3.76. The Kier molecular flexibility index (Phi) is 5.37. The molecule has 0 unspecified atom stereocenters. The van der Waals surface area contributed by atoms with E-state index < -0.39 is 0 Å². The molecule has 1 aliphatic rings. The average molecular weight is 444 g/mol. The van der Waals surface area contributed by atoms with Gasteiger partial charge in [-0.25, -0.2) is 4.98 Å². The first-order chi connectivity index (χ1) is 16.0. The number of aryl methyl sites for hydroxylation is 1. The van der Waals surface area contributed by atoms with E-state index in [0.717, 1.165) is 41.6 Å². The van der Waals surface area contributed by atoms with Crippen LogP contribution in [0.5, 0.6) is 0 Å². The highest BCUT2D eigenvalue weighted by molar-refractivity contribution is 6.06. The van der Waals surface area contributed by atoms with Gasteiger partial charge in [0.2, 0.25) is 5.95 Å². The number of aromatic nitrogens is 5. The fourth-order valence-corrected chi connectivity index (χ4v) is 4.32. The molecule has 4 aromatic rings. The van der Waals surface area contributed by atoms with Gasteiger partial charge in [0.15, 0.2) is 0 Å². The fraction of sp³-hybridized carbons (Fsp3) is 0.292. The number of imidazole rings is 1. The molecule has 1 aliphatic heterocycles. The third-order valence-electron chi connectivity index (χ3n) is 5.98. The van der Waals surface area contributed by atoms with Gasteiger partial charge in [-0.1, -0.05) is 23.4 Å². The summed E-state index contributed by atoms with van der Waals surface area (Å²) in [5, 5.41) is 14.3. The van der Waals surface area contributed by atoms with E-state index >= 15 is 0 Å². The van der Waals surface area contributed by atoms with Crippen LogP contribution in [-0.2, 0) is 7.05 Å². The number of hydrogen-bond donors (Lipinski definition) is 2. The molecule has 2 aromatic heterocycles. The third kappa shape index (κ3) is 3.97. The van der Waals surface area contributed by atoms with Gasteiger partial charge in [-0.2, -0.15) is 0 Å². The number of nitrogens with zero attached hydrogens (tertiary/aromatic N) is 5. The Morgan fingerprint density at radius 2 is 1.82 bits per heavy atom. The van der Waals surface area contributed by atoms with Crippen molar-refractivity contribution in [1.29, 1.82) is 0 Å². The summed E-state index contributed by atoms with van der Waals surface area (Å²) >= 11 is 0. The Bertz CT molecular complexity index is 1350. The lowest BCUT2D eigenvalue weighted by Gasteiger charge is -2.19. The van der Waals surface area contributed by atoms with Crippen LogP contribution in [-0.4, -0.2) is 42.9 Å². The van der Waals surface area contributed by atoms with E-state index in [1.54, 1.807) is 28.9 Å². The summed E-state index contributed by atoms with van der Waals surface area (Å²) in [5.74, 6) is -0.00659. The molecule has 2 amide bonds. The second-order valence-electron chi connectivity index (χ2n) is 8.39. The topological polar surface area (TPSA) is 107 Å². The van der Waals surface area contributed by atoms with Crippen LogP contribution in [0.3, 0.4) is 0 Å². The van der Waals surface area contributed by atoms with Crippen molar-refractivity contribution in [2.24, 2.45) is 7.05 Å². The monoisotopic (exact) mass is 443 g/mol. The fourth-order valence-electron chi connectivity index (χ4n) is 4.32. The molecule has 0 spiro atoms. The zero-order chi connectivity index (χ0) is 22.9. The molecule has 2 bridgehead atoms. The van der Waals surface area contributed by atoms with Crippen molar-refractivity contribution in [3.63, 3.8) is 0 Å². The molecule has 0 aliphatic carbocycles. The van der Waals surface area contributed by atoms with Crippen LogP contribution in [0.25, 0.3) is 22.3 Å². The van der Waals surface area contributed by atoms with Gasteiger partial charge in [0, 0.05) is 36.3 Å². The highest BCUT2D eigenvalue weighted by Gasteiger charge is 2.22. The standard InChI is InChI=1S/C24H25N7O2/c1-15-7-3-4-12-25-22(32)16-8-5-9-17(13-16)23(33)27-24-26-19-11-6-10-18(21(19)31(15)24)20-14-30(2)29-28-20/h5-6,8-11,13-15H,3-4,7,12H2,1-2H3,(H,25,32)(H,26,27,33)/t15-/m1/s1. The number of anilines is 1. The zero-order valence-electron chi connectivity index (χ0n) is 18.6. The quantitative estimate of drug-likeness (QED) is 0.468. The van der Waals surface area contributed by atoms with E-state index in [0.29, 0.717) is 23.6 Å². The van der Waals surface area contributed by atoms with Crippen LogP contribution >= 0.6 is 0 Å². The van der Waals surface area contributed by atoms with E-state index in [4.69, 9.17) is 4.98 Å². The summed E-state index contributed by atoms with van der Waals surface area (Å²) in [7, 11) is 1.83. The maximum atomic E-state index is 13.1. The summed E-state index contributed by atoms with van der Waals surface area (Å²) in [4.78, 5) is 30.3. The van der Waals surface area contributed by atoms with Crippen molar-refractivity contribution in [1.82, 2.24) is 29.9 Å². The Hall–Kier alpha value is -4.01. The molecule has 2 aromatic carbocycles. The minimum Gasteiger partial charge on any atom is -0.352 e. The smallest absolute Gasteiger partial charge is 0.257 e. The molecular formula is C24H25N7O2. The number of para-hydroxylation sites is 1. The molecule has 5 rings (SSSR count). The van der Waals surface area contributed by atoms with Gasteiger partial charge >= 0.3 is 0 Å². The van der Waals surface area contributed by atoms with Gasteiger partial charge in [0.05, 0.1) is 17.2 Å². The van der Waals surface area contributed by atoms with Crippen LogP contribution in [0.15, 0.2) is 48.7 Å². The molecule has 168 valence electrons. The van der Waals surface area contributed by atoms with E-state index in [1.807, 2.05) is 31.4 Å². The minimum atomic E-state index is -0.313. The van der Waals surface area contributed by atoms with Crippen LogP contribution in [0.1, 0.15) is 52.9 Å². The van der Waals surface area contributed by atoms with Gasteiger partial charge < -0.3 is 9.88 Å².